The van der Waals surface area contributed by atoms with Crippen molar-refractivity contribution in [3.63, 3.8) is 0 Å². The number of fused-ring (bicyclic) bond motifs is 1. The molecule has 0 aliphatic carbocycles. The van der Waals surface area contributed by atoms with Gasteiger partial charge < -0.3 is 42.3 Å². The number of hydrogen-bond donors (Lipinski definition) is 6. The third-order valence-electron chi connectivity index (χ3n) is 8.40. The highest BCUT2D eigenvalue weighted by molar-refractivity contribution is 8.03. The van der Waals surface area contributed by atoms with Crippen LogP contribution in [0.4, 0.5) is 0 Å². The van der Waals surface area contributed by atoms with Crippen molar-refractivity contribution in [2.45, 2.75) is 74.6 Å². The second kappa shape index (κ2) is 10.2. The molecule has 37 heavy (non-hydrogen) atoms. The van der Waals surface area contributed by atoms with E-state index in [-0.39, 0.29) is 64.8 Å². The lowest BCUT2D eigenvalue weighted by Crippen LogP contribution is -2.66. The van der Waals surface area contributed by atoms with Gasteiger partial charge in [0, 0.05) is 60.4 Å². The van der Waals surface area contributed by atoms with E-state index in [9.17, 15) is 24.3 Å². The number of nitrogens with zero attached hydrogens (tertiary/aromatic N) is 2. The van der Waals surface area contributed by atoms with E-state index in [4.69, 9.17) is 11.5 Å². The first kappa shape index (κ1) is 26.4. The molecule has 3 amide bonds. The second-order valence-electron chi connectivity index (χ2n) is 11.1. The monoisotopic (exact) mass is 535 g/mol. The summed E-state index contributed by atoms with van der Waals surface area (Å²) in [4.78, 5) is 54.8. The van der Waals surface area contributed by atoms with Gasteiger partial charge in [-0.05, 0) is 26.2 Å². The Morgan fingerprint density at radius 3 is 2.49 bits per heavy atom. The number of hydrogen-bond acceptors (Lipinski definition) is 9. The van der Waals surface area contributed by atoms with Gasteiger partial charge in [0.1, 0.15) is 5.70 Å². The number of aliphatic carboxylic acids is 1. The number of carbonyl (C=O) groups excluding carboxylic acids is 3. The van der Waals surface area contributed by atoms with Crippen molar-refractivity contribution in [2.24, 2.45) is 23.3 Å². The summed E-state index contributed by atoms with van der Waals surface area (Å²) >= 11 is 1.46. The van der Waals surface area contributed by atoms with Gasteiger partial charge in [-0.15, -0.1) is 11.8 Å². The van der Waals surface area contributed by atoms with Crippen molar-refractivity contribution in [3.05, 3.63) is 10.6 Å². The first-order chi connectivity index (χ1) is 17.6. The minimum Gasteiger partial charge on any atom is -0.477 e. The molecule has 0 bridgehead atoms. The van der Waals surface area contributed by atoms with Crippen molar-refractivity contribution < 1.29 is 24.3 Å². The normalized spacial score (nSPS) is 38.1. The predicted octanol–water partition coefficient (Wildman–Crippen LogP) is -2.02. The van der Waals surface area contributed by atoms with Crippen LogP contribution in [0.3, 0.4) is 0 Å². The van der Waals surface area contributed by atoms with Gasteiger partial charge in [-0.25, -0.2) is 4.79 Å². The summed E-state index contributed by atoms with van der Waals surface area (Å²) in [5.74, 6) is -2.25. The fourth-order valence-electron chi connectivity index (χ4n) is 6.44. The number of carboxylic acid groups (broad SMARTS) is 1. The van der Waals surface area contributed by atoms with Crippen molar-refractivity contribution in [1.82, 2.24) is 25.8 Å². The predicted molar refractivity (Wildman–Crippen MR) is 137 cm³/mol. The molecule has 0 radical (unpaired) electrons. The summed E-state index contributed by atoms with van der Waals surface area (Å²) in [6.07, 6.45) is 1.93. The molecule has 0 spiro atoms. The van der Waals surface area contributed by atoms with Gasteiger partial charge in [0.15, 0.2) is 0 Å². The summed E-state index contributed by atoms with van der Waals surface area (Å²) in [5.41, 5.74) is 11.9. The van der Waals surface area contributed by atoms with Gasteiger partial charge in [0.25, 0.3) is 0 Å². The average Bonchev–Trinajstić information content (AvgIpc) is 3.62. The number of carbonyl (C=O) groups is 4. The smallest absolute Gasteiger partial charge is 0.353 e. The van der Waals surface area contributed by atoms with Crippen molar-refractivity contribution in [1.29, 1.82) is 0 Å². The zero-order valence-corrected chi connectivity index (χ0v) is 22.0. The fourth-order valence-corrected chi connectivity index (χ4v) is 7.92. The van der Waals surface area contributed by atoms with E-state index in [1.807, 2.05) is 6.92 Å². The van der Waals surface area contributed by atoms with Crippen LogP contribution in [-0.4, -0.2) is 106 Å². The Balaban J connectivity index is 1.23. The molecule has 13 heteroatoms. The number of nitrogens with two attached hydrogens (primary N) is 2. The molecule has 0 aromatic rings. The van der Waals surface area contributed by atoms with Crippen LogP contribution >= 0.6 is 11.8 Å². The number of carboxylic acids is 1. The van der Waals surface area contributed by atoms with Crippen LogP contribution in [0.1, 0.15) is 33.1 Å². The van der Waals surface area contributed by atoms with Crippen LogP contribution in [0, 0.1) is 11.8 Å². The minimum atomic E-state index is -1.13. The molecule has 204 valence electrons. The summed E-state index contributed by atoms with van der Waals surface area (Å²) in [5, 5.41) is 19.4. The number of β-lactam (4-membered cyclic amide) rings is 1. The molecule has 5 aliphatic heterocycles. The Bertz CT molecular complexity index is 1020. The molecule has 4 saturated heterocycles. The van der Waals surface area contributed by atoms with Gasteiger partial charge in [-0.2, -0.15) is 0 Å². The quantitative estimate of drug-likeness (QED) is 0.199. The summed E-state index contributed by atoms with van der Waals surface area (Å²) in [6, 6.07) is -1.52. The molecule has 8 N–H and O–H groups in total. The first-order valence-electron chi connectivity index (χ1n) is 13.1. The van der Waals surface area contributed by atoms with Crippen LogP contribution in [0.25, 0.3) is 0 Å². The Labute approximate surface area is 220 Å². The van der Waals surface area contributed by atoms with Crippen LogP contribution in [0.15, 0.2) is 10.6 Å². The third kappa shape index (κ3) is 4.76. The van der Waals surface area contributed by atoms with Crippen LogP contribution in [-0.2, 0) is 19.2 Å². The Morgan fingerprint density at radius 1 is 1.14 bits per heavy atom. The number of thioether (sulfide) groups is 1. The van der Waals surface area contributed by atoms with Crippen molar-refractivity contribution in [3.8, 4) is 0 Å². The molecule has 5 heterocycles. The molecule has 2 unspecified atom stereocenters. The lowest BCUT2D eigenvalue weighted by atomic mass is 9.78. The van der Waals surface area contributed by atoms with Crippen LogP contribution in [0.5, 0.6) is 0 Å². The maximum Gasteiger partial charge on any atom is 0.353 e. The molecular formula is C24H37N7O5S. The van der Waals surface area contributed by atoms with Gasteiger partial charge in [0.05, 0.1) is 24.0 Å². The average molecular weight is 536 g/mol. The van der Waals surface area contributed by atoms with E-state index in [0.29, 0.717) is 43.9 Å². The highest BCUT2D eigenvalue weighted by Gasteiger charge is 2.60. The van der Waals surface area contributed by atoms with Crippen molar-refractivity contribution >= 4 is 35.5 Å². The molecule has 0 aromatic heterocycles. The van der Waals surface area contributed by atoms with Gasteiger partial charge in [-0.3, -0.25) is 14.4 Å². The zero-order chi connectivity index (χ0) is 26.6. The van der Waals surface area contributed by atoms with E-state index < -0.39 is 17.9 Å². The topological polar surface area (TPSA) is 183 Å². The number of nitrogens with one attached hydrogen (secondary N) is 3. The Hall–Kier alpha value is -2.19. The molecule has 0 aromatic carbocycles. The molecule has 0 saturated carbocycles. The maximum atomic E-state index is 13.2. The fraction of sp³-hybridized carbons (Fsp3) is 0.750. The summed E-state index contributed by atoms with van der Waals surface area (Å²) in [7, 11) is 0. The van der Waals surface area contributed by atoms with Crippen LogP contribution < -0.4 is 27.4 Å². The van der Waals surface area contributed by atoms with E-state index in [0.717, 1.165) is 6.42 Å². The van der Waals surface area contributed by atoms with E-state index in [1.165, 1.54) is 16.7 Å². The summed E-state index contributed by atoms with van der Waals surface area (Å²) in [6.45, 7) is 6.13. The molecule has 4 fully saturated rings. The SMILES string of the molecule is CC1C(SC2CN[C@H](C(=O)N3CC[C@H](N)C3)C2)=C(C(=O)O)N2C(=O)[C@H]([C@@H](C)NC(=O)[C@@H]3C[C@H](N)CN3)[C@@H]12. The third-order valence-corrected chi connectivity index (χ3v) is 9.91. The molecular weight excluding hydrogens is 498 g/mol. The van der Waals surface area contributed by atoms with Crippen molar-refractivity contribution in [2.75, 3.05) is 26.2 Å². The molecule has 5 aliphatic rings. The Morgan fingerprint density at radius 2 is 1.86 bits per heavy atom. The maximum absolute atomic E-state index is 13.2. The number of likely N-dealkylation sites (tertiary alicyclic amines) is 1. The lowest BCUT2D eigenvalue weighted by molar-refractivity contribution is -0.158. The number of rotatable bonds is 7. The summed E-state index contributed by atoms with van der Waals surface area (Å²) < 4.78 is 0. The standard InChI is InChI=1S/C24H37N7O5S/c1-10-18-17(11(2)29-21(32)15-5-13(26)7-27-15)23(34)31(18)19(24(35)36)20(10)37-14-6-16(28-8-14)22(33)30-4-3-12(25)9-30/h10-18,27-28H,3-9,25-26H2,1-2H3,(H,29,32)(H,35,36)/t10?,11-,12+,13+,14?,15+,16+,17-,18-/m1/s1. The molecule has 12 nitrogen and oxygen atoms in total. The first-order valence-corrected chi connectivity index (χ1v) is 14.0. The van der Waals surface area contributed by atoms with Gasteiger partial charge >= 0.3 is 5.97 Å². The highest BCUT2D eigenvalue weighted by atomic mass is 32.2. The van der Waals surface area contributed by atoms with E-state index in [1.54, 1.807) is 11.8 Å². The lowest BCUT2D eigenvalue weighted by Gasteiger charge is -2.47. The molecule has 5 rings (SSSR count). The van der Waals surface area contributed by atoms with Gasteiger partial charge in [-0.1, -0.05) is 6.92 Å². The van der Waals surface area contributed by atoms with E-state index in [2.05, 4.69) is 16.0 Å². The van der Waals surface area contributed by atoms with Gasteiger partial charge in [0.2, 0.25) is 17.7 Å². The van der Waals surface area contributed by atoms with Crippen LogP contribution in [0.2, 0.25) is 0 Å². The minimum absolute atomic E-state index is 0.0130. The highest BCUT2D eigenvalue weighted by Crippen LogP contribution is 2.51. The zero-order valence-electron chi connectivity index (χ0n) is 21.2. The largest absolute Gasteiger partial charge is 0.477 e. The van der Waals surface area contributed by atoms with E-state index >= 15 is 0 Å². The second-order valence-corrected chi connectivity index (χ2v) is 12.4. The number of amides is 3. The Kier molecular flexibility index (Phi) is 7.26. The molecule has 9 atom stereocenters.